The number of oxazole rings is 1. The van der Waals surface area contributed by atoms with E-state index in [-0.39, 0.29) is 17.0 Å². The van der Waals surface area contributed by atoms with Gasteiger partial charge in [0.25, 0.3) is 0 Å². The van der Waals surface area contributed by atoms with Gasteiger partial charge in [-0.05, 0) is 41.7 Å². The topological polar surface area (TPSA) is 79.5 Å². The minimum absolute atomic E-state index is 0.0349. The lowest BCUT2D eigenvalue weighted by atomic mass is 9.73. The van der Waals surface area contributed by atoms with Gasteiger partial charge in [0.05, 0.1) is 0 Å². The lowest BCUT2D eigenvalue weighted by molar-refractivity contribution is -0.118. The number of carbonyl (C=O) groups excluding carboxylic acids is 1. The maximum Gasteiger partial charge on any atom is 0.302 e. The maximum atomic E-state index is 13.9. The highest BCUT2D eigenvalue weighted by Gasteiger charge is 2.39. The number of benzene rings is 2. The Morgan fingerprint density at radius 3 is 2.80 bits per heavy atom. The summed E-state index contributed by atoms with van der Waals surface area (Å²) < 4.78 is 19.7. The highest BCUT2D eigenvalue weighted by molar-refractivity contribution is 6.03. The van der Waals surface area contributed by atoms with Crippen molar-refractivity contribution in [3.05, 3.63) is 71.2 Å². The number of hydrogen-bond donors (Lipinski definition) is 2. The number of ketones is 1. The number of carbonyl (C=O) groups is 1. The van der Waals surface area contributed by atoms with E-state index in [0.29, 0.717) is 41.5 Å². The Morgan fingerprint density at radius 2 is 2.00 bits per heavy atom. The van der Waals surface area contributed by atoms with Gasteiger partial charge in [-0.3, -0.25) is 10.1 Å². The molecule has 6 nitrogen and oxygen atoms in total. The summed E-state index contributed by atoms with van der Waals surface area (Å²) in [6.45, 7) is 4.13. The number of halogens is 1. The molecule has 30 heavy (non-hydrogen) atoms. The molecule has 1 atom stereocenters. The summed E-state index contributed by atoms with van der Waals surface area (Å²) in [6, 6.07) is 13.4. The molecule has 0 fully saturated rings. The van der Waals surface area contributed by atoms with Crippen LogP contribution in [0.4, 0.5) is 10.4 Å². The van der Waals surface area contributed by atoms with Crippen LogP contribution >= 0.6 is 0 Å². The quantitative estimate of drug-likeness (QED) is 0.646. The van der Waals surface area contributed by atoms with Crippen LogP contribution in [-0.2, 0) is 4.79 Å². The molecule has 2 heterocycles. The van der Waals surface area contributed by atoms with Gasteiger partial charge >= 0.3 is 6.01 Å². The molecule has 2 aromatic carbocycles. The molecule has 0 spiro atoms. The molecule has 2 N–H and O–H groups in total. The van der Waals surface area contributed by atoms with Gasteiger partial charge < -0.3 is 9.73 Å². The number of guanidine groups is 1. The van der Waals surface area contributed by atoms with Crippen LogP contribution in [0.15, 0.2) is 69.2 Å². The van der Waals surface area contributed by atoms with Crippen molar-refractivity contribution in [2.45, 2.75) is 32.7 Å². The molecule has 3 aromatic rings. The second-order valence-corrected chi connectivity index (χ2v) is 8.51. The zero-order valence-electron chi connectivity index (χ0n) is 16.7. The number of hydrogen-bond acceptors (Lipinski definition) is 6. The first-order valence-corrected chi connectivity index (χ1v) is 9.87. The van der Waals surface area contributed by atoms with E-state index in [1.807, 2.05) is 24.3 Å². The van der Waals surface area contributed by atoms with Gasteiger partial charge in [0, 0.05) is 17.7 Å². The Morgan fingerprint density at radius 1 is 1.17 bits per heavy atom. The Labute approximate surface area is 172 Å². The number of fused-ring (bicyclic) bond motifs is 1. The lowest BCUT2D eigenvalue weighted by Crippen LogP contribution is -2.41. The molecule has 1 aliphatic heterocycles. The summed E-state index contributed by atoms with van der Waals surface area (Å²) in [6.07, 6.45) is 1.12. The minimum atomic E-state index is -0.590. The summed E-state index contributed by atoms with van der Waals surface area (Å²) in [4.78, 5) is 22.1. The molecular formula is C23H21FN4O2. The first-order valence-electron chi connectivity index (χ1n) is 9.87. The van der Waals surface area contributed by atoms with Crippen molar-refractivity contribution in [1.82, 2.24) is 10.3 Å². The molecule has 0 unspecified atom stereocenters. The fourth-order valence-electron chi connectivity index (χ4n) is 4.14. The van der Waals surface area contributed by atoms with Gasteiger partial charge in [-0.25, -0.2) is 9.38 Å². The standard InChI is InChI=1S/C23H21FN4O2/c1-23(2)11-16-19(17(29)12-23)20(13-6-5-7-14(24)10-13)27-21(25-16)28-22-26-15-8-3-4-9-18(15)30-22/h3-10,20H,11-12H2,1-2H3,(H2,25,26,27,28)/t20-/m0/s1. The fourth-order valence-corrected chi connectivity index (χ4v) is 4.14. The summed E-state index contributed by atoms with van der Waals surface area (Å²) in [7, 11) is 0. The molecule has 152 valence electrons. The van der Waals surface area contributed by atoms with E-state index in [1.54, 1.807) is 12.1 Å². The Balaban J connectivity index is 1.55. The minimum Gasteiger partial charge on any atom is -0.423 e. The first-order chi connectivity index (χ1) is 14.4. The van der Waals surface area contributed by atoms with Crippen LogP contribution in [-0.4, -0.2) is 16.7 Å². The van der Waals surface area contributed by atoms with E-state index >= 15 is 0 Å². The number of nitrogens with zero attached hydrogens (tertiary/aromatic N) is 2. The fraction of sp³-hybridized carbons (Fsp3) is 0.261. The Bertz CT molecular complexity index is 1190. The maximum absolute atomic E-state index is 13.9. The van der Waals surface area contributed by atoms with Crippen LogP contribution in [0.25, 0.3) is 11.1 Å². The van der Waals surface area contributed by atoms with Crippen LogP contribution < -0.4 is 10.6 Å². The van der Waals surface area contributed by atoms with Gasteiger partial charge in [0.2, 0.25) is 5.96 Å². The third kappa shape index (κ3) is 3.36. The smallest absolute Gasteiger partial charge is 0.302 e. The van der Waals surface area contributed by atoms with Crippen molar-refractivity contribution >= 4 is 28.9 Å². The SMILES string of the molecule is CC1(C)CC(=O)C2=C(C1)NC(Nc1nc3ccccc3o1)=N[C@H]2c1cccc(F)c1. The molecule has 1 aromatic heterocycles. The molecule has 0 radical (unpaired) electrons. The molecule has 1 aliphatic carbocycles. The van der Waals surface area contributed by atoms with Crippen molar-refractivity contribution < 1.29 is 13.6 Å². The number of Topliss-reactive ketones (excluding diaryl/α,β-unsaturated/α-hetero) is 1. The number of anilines is 1. The molecule has 0 saturated carbocycles. The predicted octanol–water partition coefficient (Wildman–Crippen LogP) is 4.72. The Kier molecular flexibility index (Phi) is 4.20. The largest absolute Gasteiger partial charge is 0.423 e. The molecule has 0 bridgehead atoms. The number of rotatable bonds is 2. The summed E-state index contributed by atoms with van der Waals surface area (Å²) in [5, 5.41) is 6.33. The van der Waals surface area contributed by atoms with E-state index in [2.05, 4.69) is 29.5 Å². The van der Waals surface area contributed by atoms with Crippen LogP contribution in [0.1, 0.15) is 38.3 Å². The van der Waals surface area contributed by atoms with Crippen molar-refractivity contribution in [3.8, 4) is 0 Å². The first kappa shape index (κ1) is 18.5. The monoisotopic (exact) mass is 404 g/mol. The van der Waals surface area contributed by atoms with Crippen LogP contribution in [0.2, 0.25) is 0 Å². The molecule has 0 amide bonds. The van der Waals surface area contributed by atoms with Gasteiger partial charge in [-0.1, -0.05) is 38.1 Å². The van der Waals surface area contributed by atoms with Crippen molar-refractivity contribution in [1.29, 1.82) is 0 Å². The van der Waals surface area contributed by atoms with E-state index in [1.165, 1.54) is 12.1 Å². The molecule has 2 aliphatic rings. The van der Waals surface area contributed by atoms with Crippen molar-refractivity contribution in [2.75, 3.05) is 5.32 Å². The van der Waals surface area contributed by atoms with Gasteiger partial charge in [-0.15, -0.1) is 0 Å². The van der Waals surface area contributed by atoms with Gasteiger partial charge in [0.15, 0.2) is 11.4 Å². The zero-order valence-corrected chi connectivity index (χ0v) is 16.7. The second kappa shape index (κ2) is 6.79. The number of aliphatic imine (C=N–C) groups is 1. The average Bonchev–Trinajstić information content (AvgIpc) is 3.08. The number of allylic oxidation sites excluding steroid dienone is 1. The van der Waals surface area contributed by atoms with E-state index in [9.17, 15) is 9.18 Å². The summed E-state index contributed by atoms with van der Waals surface area (Å²) >= 11 is 0. The average molecular weight is 404 g/mol. The molecular weight excluding hydrogens is 383 g/mol. The molecule has 5 rings (SSSR count). The predicted molar refractivity (Wildman–Crippen MR) is 112 cm³/mol. The summed E-state index contributed by atoms with van der Waals surface area (Å²) in [5.74, 6) is 0.0909. The zero-order chi connectivity index (χ0) is 20.9. The van der Waals surface area contributed by atoms with Crippen molar-refractivity contribution in [2.24, 2.45) is 10.4 Å². The number of nitrogens with one attached hydrogen (secondary N) is 2. The van der Waals surface area contributed by atoms with Gasteiger partial charge in [0.1, 0.15) is 17.4 Å². The third-order valence-corrected chi connectivity index (χ3v) is 5.40. The van der Waals surface area contributed by atoms with Crippen molar-refractivity contribution in [3.63, 3.8) is 0 Å². The van der Waals surface area contributed by atoms with Gasteiger partial charge in [-0.2, -0.15) is 4.98 Å². The third-order valence-electron chi connectivity index (χ3n) is 5.40. The summed E-state index contributed by atoms with van der Waals surface area (Å²) in [5.41, 5.74) is 3.25. The molecule has 7 heteroatoms. The normalized spacial score (nSPS) is 20.6. The van der Waals surface area contributed by atoms with Crippen LogP contribution in [0.5, 0.6) is 0 Å². The van der Waals surface area contributed by atoms with Crippen LogP contribution in [0.3, 0.4) is 0 Å². The molecule has 0 saturated heterocycles. The lowest BCUT2D eigenvalue weighted by Gasteiger charge is -2.37. The highest BCUT2D eigenvalue weighted by atomic mass is 19.1. The highest BCUT2D eigenvalue weighted by Crippen LogP contribution is 2.43. The van der Waals surface area contributed by atoms with E-state index < -0.39 is 6.04 Å². The second-order valence-electron chi connectivity index (χ2n) is 8.51. The van der Waals surface area contributed by atoms with E-state index in [0.717, 1.165) is 11.2 Å². The Hall–Kier alpha value is -3.48. The number of aromatic nitrogens is 1. The van der Waals surface area contributed by atoms with E-state index in [4.69, 9.17) is 9.41 Å². The van der Waals surface area contributed by atoms with Crippen LogP contribution in [0, 0.1) is 11.2 Å². The number of para-hydroxylation sites is 2.